The van der Waals surface area contributed by atoms with E-state index in [1.54, 1.807) is 0 Å². The van der Waals surface area contributed by atoms with E-state index in [4.69, 9.17) is 9.90 Å². The minimum Gasteiger partial charge on any atom is -0.483 e. The van der Waals surface area contributed by atoms with Gasteiger partial charge >= 0.3 is 0 Å². The molecule has 0 aromatic rings. The first kappa shape index (κ1) is 17.2. The summed E-state index contributed by atoms with van der Waals surface area (Å²) in [7, 11) is 0. The Morgan fingerprint density at radius 3 is 1.55 bits per heavy atom. The van der Waals surface area contributed by atoms with Crippen LogP contribution in [-0.2, 0) is 4.79 Å². The molecule has 0 spiro atoms. The molecule has 1 aliphatic heterocycles. The fraction of sp³-hybridized carbons (Fsp3) is 0.833. The van der Waals surface area contributed by atoms with Gasteiger partial charge in [0.2, 0.25) is 0 Å². The molecule has 1 rings (SSSR count). The SMILES string of the molecule is C1CCNCC1.Cl.Cl.O=CO. The number of carbonyl (C=O) groups is 1. The molecule has 3 nitrogen and oxygen atoms in total. The van der Waals surface area contributed by atoms with Crippen LogP contribution < -0.4 is 5.32 Å². The lowest BCUT2D eigenvalue weighted by atomic mass is 10.2. The molecule has 5 heteroatoms. The Kier molecular flexibility index (Phi) is 25.8. The van der Waals surface area contributed by atoms with Crippen LogP contribution in [0.3, 0.4) is 0 Å². The molecule has 0 atom stereocenters. The third kappa shape index (κ3) is 17.8. The van der Waals surface area contributed by atoms with E-state index in [2.05, 4.69) is 5.32 Å². The van der Waals surface area contributed by atoms with Gasteiger partial charge in [0.05, 0.1) is 0 Å². The van der Waals surface area contributed by atoms with Crippen LogP contribution in [0.1, 0.15) is 19.3 Å². The molecule has 0 radical (unpaired) electrons. The summed E-state index contributed by atoms with van der Waals surface area (Å²) in [5.74, 6) is 0. The maximum atomic E-state index is 8.36. The van der Waals surface area contributed by atoms with Gasteiger partial charge in [-0.1, -0.05) is 6.42 Å². The second-order valence-corrected chi connectivity index (χ2v) is 1.92. The molecule has 1 heterocycles. The molecule has 70 valence electrons. The third-order valence-corrected chi connectivity index (χ3v) is 1.21. The third-order valence-electron chi connectivity index (χ3n) is 1.21. The zero-order chi connectivity index (χ0) is 6.95. The Hall–Kier alpha value is 0.01000. The van der Waals surface area contributed by atoms with Crippen molar-refractivity contribution >= 4 is 31.3 Å². The lowest BCUT2D eigenvalue weighted by Crippen LogP contribution is -2.21. The Bertz CT molecular complexity index is 58.1. The molecule has 11 heavy (non-hydrogen) atoms. The summed E-state index contributed by atoms with van der Waals surface area (Å²) in [6, 6.07) is 0. The Morgan fingerprint density at radius 2 is 1.45 bits per heavy atom. The molecular weight excluding hydrogens is 189 g/mol. The van der Waals surface area contributed by atoms with Crippen LogP contribution in [0.25, 0.3) is 0 Å². The second-order valence-electron chi connectivity index (χ2n) is 1.92. The average molecular weight is 204 g/mol. The molecule has 2 N–H and O–H groups in total. The van der Waals surface area contributed by atoms with Gasteiger partial charge in [0.25, 0.3) is 6.47 Å². The summed E-state index contributed by atoms with van der Waals surface area (Å²) in [6.45, 7) is 2.25. The molecule has 1 saturated heterocycles. The van der Waals surface area contributed by atoms with Gasteiger partial charge in [-0.25, -0.2) is 0 Å². The van der Waals surface area contributed by atoms with Crippen LogP contribution in [0, 0.1) is 0 Å². The standard InChI is InChI=1S/C5H11N.CH2O2.2ClH/c1-2-4-6-5-3-1;2-1-3;;/h6H,1-5H2;1H,(H,2,3);2*1H. The van der Waals surface area contributed by atoms with Gasteiger partial charge in [-0.05, 0) is 25.9 Å². The van der Waals surface area contributed by atoms with Gasteiger partial charge in [0, 0.05) is 0 Å². The Balaban J connectivity index is -0.000000116. The lowest BCUT2D eigenvalue weighted by molar-refractivity contribution is -0.122. The Morgan fingerprint density at radius 1 is 1.09 bits per heavy atom. The van der Waals surface area contributed by atoms with Gasteiger partial charge in [-0.3, -0.25) is 4.79 Å². The lowest BCUT2D eigenvalue weighted by Gasteiger charge is -2.08. The highest BCUT2D eigenvalue weighted by Crippen LogP contribution is 1.96. The van der Waals surface area contributed by atoms with Crippen LogP contribution in [0.2, 0.25) is 0 Å². The zero-order valence-corrected chi connectivity index (χ0v) is 7.92. The van der Waals surface area contributed by atoms with Gasteiger partial charge in [0.15, 0.2) is 0 Å². The van der Waals surface area contributed by atoms with Crippen molar-refractivity contribution in [3.05, 3.63) is 0 Å². The first-order chi connectivity index (χ1) is 4.41. The number of nitrogens with one attached hydrogen (secondary N) is 1. The van der Waals surface area contributed by atoms with E-state index in [1.165, 1.54) is 32.4 Å². The zero-order valence-electron chi connectivity index (χ0n) is 6.28. The summed E-state index contributed by atoms with van der Waals surface area (Å²) >= 11 is 0. The number of carboxylic acid groups (broad SMARTS) is 1. The van der Waals surface area contributed by atoms with Crippen molar-refractivity contribution in [2.75, 3.05) is 13.1 Å². The average Bonchev–Trinajstić information content (AvgIpc) is 1.93. The van der Waals surface area contributed by atoms with Gasteiger partial charge in [0.1, 0.15) is 0 Å². The molecule has 0 aromatic heterocycles. The maximum Gasteiger partial charge on any atom is 0.290 e. The first-order valence-electron chi connectivity index (χ1n) is 3.20. The monoisotopic (exact) mass is 203 g/mol. The van der Waals surface area contributed by atoms with Crippen molar-refractivity contribution in [3.8, 4) is 0 Å². The summed E-state index contributed by atoms with van der Waals surface area (Å²) in [6.07, 6.45) is 4.22. The number of hydrogen-bond acceptors (Lipinski definition) is 2. The molecule has 1 fully saturated rings. The molecular formula is C6H15Cl2NO2. The topological polar surface area (TPSA) is 49.3 Å². The predicted octanol–water partition coefficient (Wildman–Crippen LogP) is 1.30. The first-order valence-corrected chi connectivity index (χ1v) is 3.20. The quantitative estimate of drug-likeness (QED) is 0.585. The molecule has 0 aromatic carbocycles. The van der Waals surface area contributed by atoms with Crippen molar-refractivity contribution in [2.45, 2.75) is 19.3 Å². The summed E-state index contributed by atoms with van der Waals surface area (Å²) in [5, 5.41) is 10.2. The van der Waals surface area contributed by atoms with Crippen LogP contribution >= 0.6 is 24.8 Å². The minimum absolute atomic E-state index is 0. The van der Waals surface area contributed by atoms with Crippen molar-refractivity contribution in [1.82, 2.24) is 5.32 Å². The molecule has 0 bridgehead atoms. The number of halogens is 2. The van der Waals surface area contributed by atoms with Crippen molar-refractivity contribution in [3.63, 3.8) is 0 Å². The highest BCUT2D eigenvalue weighted by molar-refractivity contribution is 5.85. The van der Waals surface area contributed by atoms with E-state index >= 15 is 0 Å². The summed E-state index contributed by atoms with van der Waals surface area (Å²) < 4.78 is 0. The van der Waals surface area contributed by atoms with Gasteiger partial charge < -0.3 is 10.4 Å². The minimum atomic E-state index is -0.250. The van der Waals surface area contributed by atoms with Gasteiger partial charge in [-0.15, -0.1) is 24.8 Å². The van der Waals surface area contributed by atoms with Crippen LogP contribution in [0.15, 0.2) is 0 Å². The Labute approximate surface area is 79.4 Å². The van der Waals surface area contributed by atoms with Crippen LogP contribution in [0.4, 0.5) is 0 Å². The molecule has 0 aliphatic carbocycles. The fourth-order valence-electron chi connectivity index (χ4n) is 0.802. The largest absolute Gasteiger partial charge is 0.483 e. The molecule has 0 saturated carbocycles. The fourth-order valence-corrected chi connectivity index (χ4v) is 0.802. The normalized spacial score (nSPS) is 14.2. The van der Waals surface area contributed by atoms with E-state index in [1.807, 2.05) is 0 Å². The summed E-state index contributed by atoms with van der Waals surface area (Å²) in [5.41, 5.74) is 0. The van der Waals surface area contributed by atoms with E-state index in [9.17, 15) is 0 Å². The summed E-state index contributed by atoms with van der Waals surface area (Å²) in [4.78, 5) is 8.36. The van der Waals surface area contributed by atoms with Gasteiger partial charge in [-0.2, -0.15) is 0 Å². The van der Waals surface area contributed by atoms with E-state index in [-0.39, 0.29) is 31.3 Å². The van der Waals surface area contributed by atoms with E-state index in [0.717, 1.165) is 0 Å². The van der Waals surface area contributed by atoms with Crippen LogP contribution in [-0.4, -0.2) is 24.7 Å². The van der Waals surface area contributed by atoms with Crippen molar-refractivity contribution < 1.29 is 9.90 Å². The highest BCUT2D eigenvalue weighted by Gasteiger charge is 1.93. The maximum absolute atomic E-state index is 8.36. The number of rotatable bonds is 0. The second kappa shape index (κ2) is 16.5. The van der Waals surface area contributed by atoms with E-state index < -0.39 is 0 Å². The number of piperidine rings is 1. The molecule has 1 aliphatic rings. The van der Waals surface area contributed by atoms with Crippen molar-refractivity contribution in [1.29, 1.82) is 0 Å². The highest BCUT2D eigenvalue weighted by atomic mass is 35.5. The van der Waals surface area contributed by atoms with E-state index in [0.29, 0.717) is 0 Å². The molecule has 0 amide bonds. The smallest absolute Gasteiger partial charge is 0.290 e. The molecule has 0 unspecified atom stereocenters. The number of hydrogen-bond donors (Lipinski definition) is 2. The predicted molar refractivity (Wildman–Crippen MR) is 49.9 cm³/mol. The van der Waals surface area contributed by atoms with Crippen LogP contribution in [0.5, 0.6) is 0 Å². The van der Waals surface area contributed by atoms with Crippen molar-refractivity contribution in [2.24, 2.45) is 0 Å².